The van der Waals surface area contributed by atoms with Crippen LogP contribution >= 0.6 is 11.6 Å². The maximum atomic E-state index is 13.1. The zero-order valence-electron chi connectivity index (χ0n) is 17.8. The van der Waals surface area contributed by atoms with Crippen molar-refractivity contribution in [1.82, 2.24) is 4.72 Å². The maximum Gasteiger partial charge on any atom is 0.242 e. The molecule has 168 valence electrons. The second kappa shape index (κ2) is 10.6. The first-order valence-corrected chi connectivity index (χ1v) is 12.0. The molecule has 3 rings (SSSR count). The van der Waals surface area contributed by atoms with E-state index in [0.29, 0.717) is 23.1 Å². The fourth-order valence-corrected chi connectivity index (χ4v) is 4.58. The van der Waals surface area contributed by atoms with Crippen LogP contribution in [0.5, 0.6) is 5.75 Å². The van der Waals surface area contributed by atoms with Crippen LogP contribution in [-0.4, -0.2) is 27.0 Å². The molecule has 32 heavy (non-hydrogen) atoms. The molecular formula is C24H25ClN2O4S. The molecule has 8 heteroatoms. The van der Waals surface area contributed by atoms with Gasteiger partial charge < -0.3 is 10.1 Å². The van der Waals surface area contributed by atoms with Crippen LogP contribution in [0, 0.1) is 6.92 Å². The van der Waals surface area contributed by atoms with Crippen LogP contribution in [0.4, 0.5) is 5.69 Å². The van der Waals surface area contributed by atoms with Crippen molar-refractivity contribution in [2.75, 3.05) is 11.9 Å². The number of carbonyl (C=O) groups excluding carboxylic acids is 1. The van der Waals surface area contributed by atoms with Crippen molar-refractivity contribution in [3.63, 3.8) is 0 Å². The number of aryl methyl sites for hydroxylation is 1. The van der Waals surface area contributed by atoms with Crippen LogP contribution in [0.1, 0.15) is 18.1 Å². The summed E-state index contributed by atoms with van der Waals surface area (Å²) in [5.74, 6) is 0.108. The minimum atomic E-state index is -3.95. The molecule has 0 bridgehead atoms. The number of rotatable bonds is 9. The van der Waals surface area contributed by atoms with E-state index in [1.165, 1.54) is 12.1 Å². The van der Waals surface area contributed by atoms with E-state index in [1.54, 1.807) is 30.3 Å². The van der Waals surface area contributed by atoms with Crippen LogP contribution in [0.15, 0.2) is 77.7 Å². The molecule has 0 saturated heterocycles. The predicted octanol–water partition coefficient (Wildman–Crippen LogP) is 4.58. The van der Waals surface area contributed by atoms with E-state index in [2.05, 4.69) is 10.0 Å². The summed E-state index contributed by atoms with van der Waals surface area (Å²) < 4.78 is 34.0. The van der Waals surface area contributed by atoms with Gasteiger partial charge in [-0.25, -0.2) is 8.42 Å². The standard InChI is InChI=1S/C24H25ClN2O4S/c1-3-31-20-10-12-21(13-11-20)32(29,30)27-23(16-18-7-5-4-6-8-18)24(28)26-22-14-9-19(25)15-17(22)2/h4-15,23,27H,3,16H2,1-2H3,(H,26,28)/t23-/m1/s1. The molecule has 0 radical (unpaired) electrons. The molecule has 1 atom stereocenters. The number of carbonyl (C=O) groups is 1. The SMILES string of the molecule is CCOc1ccc(S(=O)(=O)N[C@H](Cc2ccccc2)C(=O)Nc2ccc(Cl)cc2C)cc1. The Labute approximate surface area is 193 Å². The lowest BCUT2D eigenvalue weighted by Crippen LogP contribution is -2.45. The van der Waals surface area contributed by atoms with Crippen molar-refractivity contribution in [3.8, 4) is 5.75 Å². The Bertz CT molecular complexity index is 1170. The smallest absolute Gasteiger partial charge is 0.242 e. The molecule has 3 aromatic carbocycles. The minimum Gasteiger partial charge on any atom is -0.494 e. The summed E-state index contributed by atoms with van der Waals surface area (Å²) in [6.45, 7) is 4.15. The molecule has 0 heterocycles. The first-order chi connectivity index (χ1) is 15.3. The number of hydrogen-bond acceptors (Lipinski definition) is 4. The second-order valence-corrected chi connectivity index (χ2v) is 9.37. The van der Waals surface area contributed by atoms with E-state index in [-0.39, 0.29) is 11.3 Å². The van der Waals surface area contributed by atoms with Gasteiger partial charge in [0.15, 0.2) is 0 Å². The molecule has 1 amide bonds. The van der Waals surface area contributed by atoms with Gasteiger partial charge in [-0.05, 0) is 73.9 Å². The van der Waals surface area contributed by atoms with Gasteiger partial charge in [-0.2, -0.15) is 4.72 Å². The van der Waals surface area contributed by atoms with Gasteiger partial charge in [-0.1, -0.05) is 41.9 Å². The third kappa shape index (κ3) is 6.32. The van der Waals surface area contributed by atoms with Crippen LogP contribution in [-0.2, 0) is 21.2 Å². The Kier molecular flexibility index (Phi) is 7.90. The first-order valence-electron chi connectivity index (χ1n) is 10.1. The van der Waals surface area contributed by atoms with Gasteiger partial charge >= 0.3 is 0 Å². The number of amides is 1. The quantitative estimate of drug-likeness (QED) is 0.477. The van der Waals surface area contributed by atoms with Gasteiger partial charge in [0.1, 0.15) is 11.8 Å². The van der Waals surface area contributed by atoms with E-state index < -0.39 is 22.0 Å². The molecule has 6 nitrogen and oxygen atoms in total. The zero-order chi connectivity index (χ0) is 23.1. The Hall–Kier alpha value is -2.87. The Balaban J connectivity index is 1.85. The van der Waals surface area contributed by atoms with Gasteiger partial charge in [-0.15, -0.1) is 0 Å². The third-order valence-corrected chi connectivity index (χ3v) is 6.51. The van der Waals surface area contributed by atoms with Crippen molar-refractivity contribution in [2.24, 2.45) is 0 Å². The summed E-state index contributed by atoms with van der Waals surface area (Å²) in [7, 11) is -3.95. The van der Waals surface area contributed by atoms with E-state index in [1.807, 2.05) is 44.2 Å². The minimum absolute atomic E-state index is 0.0505. The molecule has 0 aliphatic heterocycles. The Morgan fingerprint density at radius 2 is 1.72 bits per heavy atom. The van der Waals surface area contributed by atoms with E-state index >= 15 is 0 Å². The number of halogens is 1. The summed E-state index contributed by atoms with van der Waals surface area (Å²) in [5.41, 5.74) is 2.17. The molecule has 0 fully saturated rings. The van der Waals surface area contributed by atoms with E-state index in [0.717, 1.165) is 11.1 Å². The Morgan fingerprint density at radius 1 is 1.03 bits per heavy atom. The highest BCUT2D eigenvalue weighted by Crippen LogP contribution is 2.21. The third-order valence-electron chi connectivity index (χ3n) is 4.79. The normalized spacial score (nSPS) is 12.2. The van der Waals surface area contributed by atoms with Crippen LogP contribution in [0.2, 0.25) is 5.02 Å². The van der Waals surface area contributed by atoms with Crippen LogP contribution in [0.3, 0.4) is 0 Å². The summed E-state index contributed by atoms with van der Waals surface area (Å²) in [6, 6.07) is 19.4. The topological polar surface area (TPSA) is 84.5 Å². The van der Waals surface area contributed by atoms with Gasteiger partial charge in [0.25, 0.3) is 0 Å². The highest BCUT2D eigenvalue weighted by molar-refractivity contribution is 7.89. The number of hydrogen-bond donors (Lipinski definition) is 2. The molecular weight excluding hydrogens is 448 g/mol. The molecule has 0 aromatic heterocycles. The van der Waals surface area contributed by atoms with Crippen LogP contribution < -0.4 is 14.8 Å². The van der Waals surface area contributed by atoms with Crippen molar-refractivity contribution in [2.45, 2.75) is 31.2 Å². The number of sulfonamides is 1. The number of benzene rings is 3. The zero-order valence-corrected chi connectivity index (χ0v) is 19.4. The maximum absolute atomic E-state index is 13.1. The lowest BCUT2D eigenvalue weighted by atomic mass is 10.1. The number of nitrogens with one attached hydrogen (secondary N) is 2. The molecule has 2 N–H and O–H groups in total. The summed E-state index contributed by atoms with van der Waals surface area (Å²) >= 11 is 6.00. The van der Waals surface area contributed by atoms with Gasteiger partial charge in [-0.3, -0.25) is 4.79 Å². The summed E-state index contributed by atoms with van der Waals surface area (Å²) in [5, 5.41) is 3.37. The fraction of sp³-hybridized carbons (Fsp3) is 0.208. The average Bonchev–Trinajstić information content (AvgIpc) is 2.76. The van der Waals surface area contributed by atoms with E-state index in [9.17, 15) is 13.2 Å². The fourth-order valence-electron chi connectivity index (χ4n) is 3.16. The first kappa shape index (κ1) is 23.8. The molecule has 0 aliphatic carbocycles. The number of anilines is 1. The van der Waals surface area contributed by atoms with E-state index in [4.69, 9.17) is 16.3 Å². The van der Waals surface area contributed by atoms with Crippen molar-refractivity contribution < 1.29 is 17.9 Å². The molecule has 0 saturated carbocycles. The largest absolute Gasteiger partial charge is 0.494 e. The van der Waals surface area contributed by atoms with Crippen LogP contribution in [0.25, 0.3) is 0 Å². The molecule has 0 unspecified atom stereocenters. The molecule has 3 aromatic rings. The molecule has 0 spiro atoms. The van der Waals surface area contributed by atoms with Gasteiger partial charge in [0, 0.05) is 10.7 Å². The highest BCUT2D eigenvalue weighted by atomic mass is 35.5. The lowest BCUT2D eigenvalue weighted by Gasteiger charge is -2.20. The number of ether oxygens (including phenoxy) is 1. The summed E-state index contributed by atoms with van der Waals surface area (Å²) in [6.07, 6.45) is 0.190. The predicted molar refractivity (Wildman–Crippen MR) is 127 cm³/mol. The molecule has 0 aliphatic rings. The van der Waals surface area contributed by atoms with Gasteiger partial charge in [0.05, 0.1) is 11.5 Å². The second-order valence-electron chi connectivity index (χ2n) is 7.22. The van der Waals surface area contributed by atoms with Crippen molar-refractivity contribution in [1.29, 1.82) is 0 Å². The van der Waals surface area contributed by atoms with Gasteiger partial charge in [0.2, 0.25) is 15.9 Å². The van der Waals surface area contributed by atoms with Crippen molar-refractivity contribution in [3.05, 3.63) is 88.9 Å². The Morgan fingerprint density at radius 3 is 2.34 bits per heavy atom. The lowest BCUT2D eigenvalue weighted by molar-refractivity contribution is -0.117. The highest BCUT2D eigenvalue weighted by Gasteiger charge is 2.26. The monoisotopic (exact) mass is 472 g/mol. The average molecular weight is 473 g/mol. The summed E-state index contributed by atoms with van der Waals surface area (Å²) in [4.78, 5) is 13.2. The van der Waals surface area contributed by atoms with Crippen molar-refractivity contribution >= 4 is 33.2 Å².